The number of rotatable bonds is 8. The van der Waals surface area contributed by atoms with Crippen molar-refractivity contribution in [3.05, 3.63) is 70.7 Å². The smallest absolute Gasteiger partial charge is 0.380 e. The molecule has 0 fully saturated rings. The molecule has 0 saturated heterocycles. The van der Waals surface area contributed by atoms with E-state index in [1.165, 1.54) is 6.07 Å². The molecule has 2 aromatic carbocycles. The molecule has 1 nitrogen and oxygen atoms in total. The van der Waals surface area contributed by atoms with E-state index in [9.17, 15) is 62.2 Å². The van der Waals surface area contributed by atoms with E-state index in [0.717, 1.165) is 48.5 Å². The van der Waals surface area contributed by atoms with Crippen molar-refractivity contribution in [1.29, 1.82) is 0 Å². The van der Waals surface area contributed by atoms with E-state index in [1.54, 1.807) is 0 Å². The zero-order valence-electron chi connectivity index (χ0n) is 16.6. The van der Waals surface area contributed by atoms with Crippen LogP contribution in [0.4, 0.5) is 57.1 Å². The Balaban J connectivity index is 2.65. The maximum atomic E-state index is 14.6. The molecule has 2 rings (SSSR count). The third kappa shape index (κ3) is 4.54. The molecule has 1 N–H and O–H groups in total. The first-order valence-corrected chi connectivity index (χ1v) is 9.44. The minimum Gasteiger partial charge on any atom is -0.380 e. The van der Waals surface area contributed by atoms with Crippen LogP contribution in [0.5, 0.6) is 0 Å². The second-order valence-electron chi connectivity index (χ2n) is 7.41. The molecule has 2 aromatic rings. The summed E-state index contributed by atoms with van der Waals surface area (Å²) in [6, 6.07) is 8.61. The highest BCUT2D eigenvalue weighted by molar-refractivity contribution is 6.30. The molecule has 0 aromatic heterocycles. The van der Waals surface area contributed by atoms with Crippen molar-refractivity contribution in [2.75, 3.05) is 0 Å². The number of halogens is 14. The standard InChI is InChI=1S/C20H12ClF13O/c21-13-8-6-12(7-9-13)14(35,11-4-2-1-3-5-11)10-15(22,23)16(24,25)17(26,27)18(28,29)19(30,31)20(32,33)34/h1-9,35H,10H2. The van der Waals surface area contributed by atoms with Gasteiger partial charge in [0.15, 0.2) is 0 Å². The Morgan fingerprint density at radius 3 is 1.37 bits per heavy atom. The predicted molar refractivity (Wildman–Crippen MR) is 96.3 cm³/mol. The molecule has 1 atom stereocenters. The van der Waals surface area contributed by atoms with Crippen LogP contribution < -0.4 is 0 Å². The first kappa shape index (κ1) is 29.0. The molecule has 0 spiro atoms. The van der Waals surface area contributed by atoms with Gasteiger partial charge in [-0.2, -0.15) is 57.1 Å². The van der Waals surface area contributed by atoms with E-state index in [1.807, 2.05) is 0 Å². The molecule has 0 bridgehead atoms. The van der Waals surface area contributed by atoms with Crippen LogP contribution >= 0.6 is 11.6 Å². The molecule has 0 heterocycles. The average molecular weight is 551 g/mol. The monoisotopic (exact) mass is 550 g/mol. The first-order chi connectivity index (χ1) is 15.6. The lowest BCUT2D eigenvalue weighted by atomic mass is 9.79. The Labute approximate surface area is 193 Å². The van der Waals surface area contributed by atoms with Crippen LogP contribution in [0.15, 0.2) is 54.6 Å². The third-order valence-corrected chi connectivity index (χ3v) is 5.30. The van der Waals surface area contributed by atoms with E-state index in [0.29, 0.717) is 0 Å². The zero-order valence-corrected chi connectivity index (χ0v) is 17.4. The molecule has 35 heavy (non-hydrogen) atoms. The Kier molecular flexibility index (Phi) is 7.22. The number of hydrogen-bond acceptors (Lipinski definition) is 1. The SMILES string of the molecule is OC(CC(F)(F)C(F)(F)C(F)(F)C(F)(F)C(F)(F)C(F)(F)F)(c1ccccc1)c1ccc(Cl)cc1. The van der Waals surface area contributed by atoms with Crippen molar-refractivity contribution in [2.45, 2.75) is 47.8 Å². The number of hydrogen-bond donors (Lipinski definition) is 1. The Morgan fingerprint density at radius 1 is 0.543 bits per heavy atom. The molecule has 196 valence electrons. The summed E-state index contributed by atoms with van der Waals surface area (Å²) in [4.78, 5) is 0. The topological polar surface area (TPSA) is 20.2 Å². The second-order valence-corrected chi connectivity index (χ2v) is 7.85. The van der Waals surface area contributed by atoms with Crippen LogP contribution in [0, 0.1) is 0 Å². The number of benzene rings is 2. The Morgan fingerprint density at radius 2 is 0.943 bits per heavy atom. The van der Waals surface area contributed by atoms with Crippen LogP contribution in [0.3, 0.4) is 0 Å². The highest BCUT2D eigenvalue weighted by Gasteiger charge is 2.90. The maximum Gasteiger partial charge on any atom is 0.460 e. The summed E-state index contributed by atoms with van der Waals surface area (Å²) in [6.45, 7) is 0. The average Bonchev–Trinajstić information content (AvgIpc) is 2.73. The van der Waals surface area contributed by atoms with E-state index in [4.69, 9.17) is 11.6 Å². The van der Waals surface area contributed by atoms with Crippen molar-refractivity contribution in [2.24, 2.45) is 0 Å². The van der Waals surface area contributed by atoms with Crippen LogP contribution in [0.25, 0.3) is 0 Å². The van der Waals surface area contributed by atoms with Crippen LogP contribution in [-0.4, -0.2) is 40.9 Å². The molecule has 0 aliphatic carbocycles. The fourth-order valence-corrected chi connectivity index (χ4v) is 3.17. The van der Waals surface area contributed by atoms with Gasteiger partial charge in [-0.3, -0.25) is 0 Å². The largest absolute Gasteiger partial charge is 0.460 e. The van der Waals surface area contributed by atoms with Gasteiger partial charge < -0.3 is 5.11 Å². The van der Waals surface area contributed by atoms with Gasteiger partial charge in [-0.1, -0.05) is 54.1 Å². The summed E-state index contributed by atoms with van der Waals surface area (Å²) in [7, 11) is 0. The van der Waals surface area contributed by atoms with E-state index in [2.05, 4.69) is 0 Å². The molecular weight excluding hydrogens is 539 g/mol. The lowest BCUT2D eigenvalue weighted by Gasteiger charge is -2.42. The van der Waals surface area contributed by atoms with Crippen molar-refractivity contribution >= 4 is 11.6 Å². The third-order valence-electron chi connectivity index (χ3n) is 5.05. The van der Waals surface area contributed by atoms with Gasteiger partial charge in [-0.25, -0.2) is 0 Å². The minimum absolute atomic E-state index is 0.0678. The minimum atomic E-state index is -8.02. The normalized spacial score (nSPS) is 16.2. The highest BCUT2D eigenvalue weighted by atomic mass is 35.5. The molecule has 1 unspecified atom stereocenters. The predicted octanol–water partition coefficient (Wildman–Crippen LogP) is 7.70. The summed E-state index contributed by atoms with van der Waals surface area (Å²) >= 11 is 5.61. The Bertz CT molecular complexity index is 1020. The van der Waals surface area contributed by atoms with Crippen LogP contribution in [0.2, 0.25) is 5.02 Å². The van der Waals surface area contributed by atoms with Crippen LogP contribution in [0.1, 0.15) is 17.5 Å². The number of alkyl halides is 13. The molecule has 0 radical (unpaired) electrons. The quantitative estimate of drug-likeness (QED) is 0.334. The maximum absolute atomic E-state index is 14.6. The summed E-state index contributed by atoms with van der Waals surface area (Å²) in [5.74, 6) is -37.8. The highest BCUT2D eigenvalue weighted by Crippen LogP contribution is 2.61. The van der Waals surface area contributed by atoms with Gasteiger partial charge in [0.1, 0.15) is 5.60 Å². The number of aliphatic hydroxyl groups is 1. The van der Waals surface area contributed by atoms with Crippen molar-refractivity contribution in [3.63, 3.8) is 0 Å². The lowest BCUT2D eigenvalue weighted by Crippen LogP contribution is -2.70. The van der Waals surface area contributed by atoms with E-state index >= 15 is 0 Å². The van der Waals surface area contributed by atoms with E-state index in [-0.39, 0.29) is 5.02 Å². The fourth-order valence-electron chi connectivity index (χ4n) is 3.04. The zero-order chi connectivity index (χ0) is 27.3. The fraction of sp³-hybridized carbons (Fsp3) is 0.400. The van der Waals surface area contributed by atoms with E-state index < -0.39 is 58.9 Å². The van der Waals surface area contributed by atoms with Gasteiger partial charge in [0.25, 0.3) is 0 Å². The van der Waals surface area contributed by atoms with Crippen molar-refractivity contribution in [3.8, 4) is 0 Å². The van der Waals surface area contributed by atoms with Crippen molar-refractivity contribution in [1.82, 2.24) is 0 Å². The van der Waals surface area contributed by atoms with Gasteiger partial charge in [0.05, 0.1) is 6.42 Å². The molecule has 15 heteroatoms. The Hall–Kier alpha value is -2.22. The summed E-state index contributed by atoms with van der Waals surface area (Å²) in [5.41, 5.74) is -4.70. The molecule has 0 aliphatic rings. The van der Waals surface area contributed by atoms with Crippen molar-refractivity contribution < 1.29 is 62.2 Å². The first-order valence-electron chi connectivity index (χ1n) is 9.06. The summed E-state index contributed by atoms with van der Waals surface area (Å²) < 4.78 is 175. The molecular formula is C20H12ClF13O. The lowest BCUT2D eigenvalue weighted by molar-refractivity contribution is -0.441. The molecule has 0 saturated carbocycles. The summed E-state index contributed by atoms with van der Waals surface area (Å²) in [5, 5.41) is 10.8. The van der Waals surface area contributed by atoms with Gasteiger partial charge in [0, 0.05) is 5.02 Å². The van der Waals surface area contributed by atoms with Gasteiger partial charge in [-0.15, -0.1) is 0 Å². The molecule has 0 aliphatic heterocycles. The van der Waals surface area contributed by atoms with Crippen LogP contribution in [-0.2, 0) is 5.60 Å². The molecule has 0 amide bonds. The van der Waals surface area contributed by atoms with Gasteiger partial charge in [0.2, 0.25) is 0 Å². The summed E-state index contributed by atoms with van der Waals surface area (Å²) in [6.07, 6.45) is -10.3. The van der Waals surface area contributed by atoms with Gasteiger partial charge >= 0.3 is 35.8 Å². The second kappa shape index (κ2) is 8.71. The van der Waals surface area contributed by atoms with Gasteiger partial charge in [-0.05, 0) is 23.3 Å².